The summed E-state index contributed by atoms with van der Waals surface area (Å²) in [5, 5.41) is 3.00. The zero-order valence-electron chi connectivity index (χ0n) is 11.8. The molecule has 0 unspecified atom stereocenters. The molecule has 0 aliphatic rings. The van der Waals surface area contributed by atoms with E-state index in [-0.39, 0.29) is 0 Å². The number of hydrogen-bond acceptors (Lipinski definition) is 4. The molecule has 0 aliphatic carbocycles. The third-order valence-corrected chi connectivity index (χ3v) is 4.14. The molecular weight excluding hydrogens is 266 g/mol. The van der Waals surface area contributed by atoms with Gasteiger partial charge in [0.15, 0.2) is 0 Å². The van der Waals surface area contributed by atoms with Crippen LogP contribution < -0.4 is 10.0 Å². The number of nitrogens with zero attached hydrogens (tertiary/aromatic N) is 1. The van der Waals surface area contributed by atoms with Crippen LogP contribution in [-0.2, 0) is 28.4 Å². The summed E-state index contributed by atoms with van der Waals surface area (Å²) in [7, 11) is 0.239. The zero-order chi connectivity index (χ0) is 14.3. The molecule has 1 rings (SSSR count). The van der Waals surface area contributed by atoms with Crippen molar-refractivity contribution in [1.82, 2.24) is 14.6 Å². The lowest BCUT2D eigenvalue weighted by Gasteiger charge is -2.04. The minimum atomic E-state index is -3.42. The second-order valence-corrected chi connectivity index (χ2v) is 6.02. The fourth-order valence-corrected chi connectivity index (χ4v) is 2.86. The third-order valence-electron chi connectivity index (χ3n) is 2.71. The molecule has 0 aliphatic heterocycles. The van der Waals surface area contributed by atoms with E-state index >= 15 is 0 Å². The van der Waals surface area contributed by atoms with Gasteiger partial charge in [-0.15, -0.1) is 0 Å². The van der Waals surface area contributed by atoms with Crippen LogP contribution in [0.1, 0.15) is 19.0 Å². The molecule has 0 atom stereocenters. The highest BCUT2D eigenvalue weighted by Gasteiger charge is 2.16. The summed E-state index contributed by atoms with van der Waals surface area (Å²) in [4.78, 5) is 0.302. The molecule has 0 saturated carbocycles. The Morgan fingerprint density at radius 1 is 1.42 bits per heavy atom. The molecule has 0 amide bonds. The minimum absolute atomic E-state index is 0.302. The van der Waals surface area contributed by atoms with E-state index in [1.807, 2.05) is 25.6 Å². The molecular formula is C12H23N3O3S. The van der Waals surface area contributed by atoms with Crippen LogP contribution in [0, 0.1) is 0 Å². The maximum atomic E-state index is 12.0. The number of aromatic nitrogens is 1. The fourth-order valence-electron chi connectivity index (χ4n) is 1.69. The Morgan fingerprint density at radius 2 is 2.16 bits per heavy atom. The first-order valence-corrected chi connectivity index (χ1v) is 7.86. The van der Waals surface area contributed by atoms with Gasteiger partial charge in [-0.25, -0.2) is 13.1 Å². The molecule has 1 heterocycles. The Kier molecular flexibility index (Phi) is 6.50. The van der Waals surface area contributed by atoms with Gasteiger partial charge >= 0.3 is 0 Å². The average Bonchev–Trinajstić information content (AvgIpc) is 2.72. The molecule has 19 heavy (non-hydrogen) atoms. The number of hydrogen-bond donors (Lipinski definition) is 2. The number of nitrogens with one attached hydrogen (secondary N) is 2. The number of ether oxygens (including phenoxy) is 1. The molecule has 0 bridgehead atoms. The van der Waals surface area contributed by atoms with Gasteiger partial charge in [-0.2, -0.15) is 0 Å². The molecule has 0 spiro atoms. The molecule has 0 saturated heterocycles. The predicted molar refractivity (Wildman–Crippen MR) is 74.5 cm³/mol. The van der Waals surface area contributed by atoms with Crippen LogP contribution in [0.5, 0.6) is 0 Å². The maximum absolute atomic E-state index is 12.0. The van der Waals surface area contributed by atoms with Crippen LogP contribution in [0.2, 0.25) is 0 Å². The van der Waals surface area contributed by atoms with Crippen LogP contribution in [0.3, 0.4) is 0 Å². The van der Waals surface area contributed by atoms with E-state index in [0.717, 1.165) is 5.69 Å². The summed E-state index contributed by atoms with van der Waals surface area (Å²) >= 11 is 0. The van der Waals surface area contributed by atoms with Crippen molar-refractivity contribution in [3.05, 3.63) is 18.0 Å². The summed E-state index contributed by atoms with van der Waals surface area (Å²) in [6.45, 7) is 4.16. The second-order valence-electron chi connectivity index (χ2n) is 4.26. The van der Waals surface area contributed by atoms with E-state index < -0.39 is 10.0 Å². The van der Waals surface area contributed by atoms with Gasteiger partial charge in [0, 0.05) is 45.2 Å². The Morgan fingerprint density at radius 3 is 2.79 bits per heavy atom. The van der Waals surface area contributed by atoms with Crippen molar-refractivity contribution in [2.75, 3.05) is 26.8 Å². The largest absolute Gasteiger partial charge is 0.382 e. The van der Waals surface area contributed by atoms with Crippen molar-refractivity contribution in [3.8, 4) is 0 Å². The van der Waals surface area contributed by atoms with Gasteiger partial charge < -0.3 is 14.6 Å². The highest BCUT2D eigenvalue weighted by molar-refractivity contribution is 7.89. The molecule has 0 radical (unpaired) electrons. The van der Waals surface area contributed by atoms with Gasteiger partial charge in [0.1, 0.15) is 0 Å². The Balaban J connectivity index is 2.59. The van der Waals surface area contributed by atoms with E-state index in [1.54, 1.807) is 12.3 Å². The second kappa shape index (κ2) is 7.64. The first-order valence-electron chi connectivity index (χ1n) is 6.38. The molecule has 1 aromatic rings. The van der Waals surface area contributed by atoms with Crippen LogP contribution in [-0.4, -0.2) is 39.8 Å². The topological polar surface area (TPSA) is 72.4 Å². The van der Waals surface area contributed by atoms with E-state index in [1.165, 1.54) is 0 Å². The van der Waals surface area contributed by atoms with Gasteiger partial charge in [-0.3, -0.25) is 0 Å². The number of aryl methyl sites for hydroxylation is 1. The summed E-state index contributed by atoms with van der Waals surface area (Å²) in [6, 6.07) is 1.68. The van der Waals surface area contributed by atoms with Gasteiger partial charge in [-0.1, -0.05) is 0 Å². The zero-order valence-corrected chi connectivity index (χ0v) is 12.6. The maximum Gasteiger partial charge on any atom is 0.242 e. The SMILES string of the molecule is CCOCCCNS(=O)(=O)c1cc(CNC)n(C)c1. The van der Waals surface area contributed by atoms with E-state index in [0.29, 0.717) is 37.6 Å². The average molecular weight is 289 g/mol. The standard InChI is InChI=1S/C12H23N3O3S/c1-4-18-7-5-6-14-19(16,17)12-8-11(9-13-2)15(3)10-12/h8,10,13-14H,4-7,9H2,1-3H3. The van der Waals surface area contributed by atoms with Gasteiger partial charge in [-0.05, 0) is 26.5 Å². The van der Waals surface area contributed by atoms with E-state index in [9.17, 15) is 8.42 Å². The van der Waals surface area contributed by atoms with E-state index in [4.69, 9.17) is 4.74 Å². The Hall–Kier alpha value is -0.890. The summed E-state index contributed by atoms with van der Waals surface area (Å²) in [6.07, 6.45) is 2.29. The normalized spacial score (nSPS) is 11.9. The van der Waals surface area contributed by atoms with Gasteiger partial charge in [0.05, 0.1) is 4.90 Å². The van der Waals surface area contributed by atoms with Crippen molar-refractivity contribution in [2.24, 2.45) is 7.05 Å². The predicted octanol–water partition coefficient (Wildman–Crippen LogP) is 0.449. The Labute approximate surface area is 115 Å². The van der Waals surface area contributed by atoms with Crippen molar-refractivity contribution >= 4 is 10.0 Å². The van der Waals surface area contributed by atoms with Gasteiger partial charge in [0.2, 0.25) is 10.0 Å². The monoisotopic (exact) mass is 289 g/mol. The van der Waals surface area contributed by atoms with Crippen molar-refractivity contribution in [1.29, 1.82) is 0 Å². The first kappa shape index (κ1) is 16.2. The lowest BCUT2D eigenvalue weighted by molar-refractivity contribution is 0.146. The lowest BCUT2D eigenvalue weighted by Crippen LogP contribution is -2.25. The number of rotatable bonds is 9. The van der Waals surface area contributed by atoms with Crippen molar-refractivity contribution < 1.29 is 13.2 Å². The summed E-state index contributed by atoms with van der Waals surface area (Å²) in [5.41, 5.74) is 0.928. The van der Waals surface area contributed by atoms with Gasteiger partial charge in [0.25, 0.3) is 0 Å². The van der Waals surface area contributed by atoms with Crippen LogP contribution in [0.4, 0.5) is 0 Å². The fraction of sp³-hybridized carbons (Fsp3) is 0.667. The molecule has 1 aromatic heterocycles. The van der Waals surface area contributed by atoms with Crippen LogP contribution >= 0.6 is 0 Å². The molecule has 7 heteroatoms. The van der Waals surface area contributed by atoms with Crippen LogP contribution in [0.25, 0.3) is 0 Å². The number of sulfonamides is 1. The molecule has 6 nitrogen and oxygen atoms in total. The van der Waals surface area contributed by atoms with Crippen molar-refractivity contribution in [3.63, 3.8) is 0 Å². The Bertz CT molecular complexity index is 482. The summed E-state index contributed by atoms with van der Waals surface area (Å²) in [5.74, 6) is 0. The molecule has 0 fully saturated rings. The summed E-state index contributed by atoms with van der Waals surface area (Å²) < 4.78 is 33.6. The smallest absolute Gasteiger partial charge is 0.242 e. The van der Waals surface area contributed by atoms with Crippen molar-refractivity contribution in [2.45, 2.75) is 24.8 Å². The quantitative estimate of drug-likeness (QED) is 0.647. The first-order chi connectivity index (χ1) is 9.01. The molecule has 110 valence electrons. The van der Waals surface area contributed by atoms with E-state index in [2.05, 4.69) is 10.0 Å². The minimum Gasteiger partial charge on any atom is -0.382 e. The van der Waals surface area contributed by atoms with Crippen LogP contribution in [0.15, 0.2) is 17.2 Å². The highest BCUT2D eigenvalue weighted by atomic mass is 32.2. The third kappa shape index (κ3) is 4.94. The molecule has 0 aromatic carbocycles. The molecule has 2 N–H and O–H groups in total. The lowest BCUT2D eigenvalue weighted by atomic mass is 10.4. The highest BCUT2D eigenvalue weighted by Crippen LogP contribution is 2.13.